The van der Waals surface area contributed by atoms with E-state index in [2.05, 4.69) is 10.1 Å². The number of aromatic nitrogens is 3. The van der Waals surface area contributed by atoms with Crippen molar-refractivity contribution in [3.05, 3.63) is 24.2 Å². The summed E-state index contributed by atoms with van der Waals surface area (Å²) in [5, 5.41) is 4.06. The molecule has 2 N–H and O–H groups in total. The first-order valence-electron chi connectivity index (χ1n) is 7.98. The fourth-order valence-corrected chi connectivity index (χ4v) is 2.60. The van der Waals surface area contributed by atoms with Crippen LogP contribution in [0.5, 0.6) is 0 Å². The van der Waals surface area contributed by atoms with Crippen molar-refractivity contribution in [1.82, 2.24) is 19.5 Å². The first kappa shape index (κ1) is 17.2. The summed E-state index contributed by atoms with van der Waals surface area (Å²) in [5.74, 6) is 0.0142. The van der Waals surface area contributed by atoms with Crippen LogP contribution in [0.3, 0.4) is 0 Å². The molecule has 3 heterocycles. The average Bonchev–Trinajstić information content (AvgIpc) is 2.98. The van der Waals surface area contributed by atoms with Crippen LogP contribution in [0.1, 0.15) is 31.3 Å². The Hall–Kier alpha value is -2.68. The van der Waals surface area contributed by atoms with E-state index in [1.54, 1.807) is 32.9 Å². The van der Waals surface area contributed by atoms with Gasteiger partial charge in [-0.1, -0.05) is 0 Å². The molecule has 0 aliphatic carbocycles. The minimum Gasteiger partial charge on any atom is -0.444 e. The molecule has 3 rings (SSSR count). The molecule has 9 nitrogen and oxygen atoms in total. The highest BCUT2D eigenvalue weighted by atomic mass is 16.6. The predicted molar refractivity (Wildman–Crippen MR) is 89.3 cm³/mol. The number of nitrogens with two attached hydrogens (primary N) is 1. The molecule has 2 aromatic rings. The lowest BCUT2D eigenvalue weighted by atomic mass is 10.1. The smallest absolute Gasteiger partial charge is 0.410 e. The van der Waals surface area contributed by atoms with E-state index in [4.69, 9.17) is 15.2 Å². The maximum atomic E-state index is 12.8. The van der Waals surface area contributed by atoms with Gasteiger partial charge in [0.15, 0.2) is 5.82 Å². The fraction of sp³-hybridized carbons (Fsp3) is 0.500. The molecule has 1 unspecified atom stereocenters. The van der Waals surface area contributed by atoms with Crippen molar-refractivity contribution in [3.63, 3.8) is 0 Å². The lowest BCUT2D eigenvalue weighted by Crippen LogP contribution is -2.50. The molecule has 1 aliphatic heterocycles. The number of ether oxygens (including phenoxy) is 2. The highest BCUT2D eigenvalue weighted by molar-refractivity contribution is 6.00. The molecule has 0 radical (unpaired) electrons. The van der Waals surface area contributed by atoms with E-state index >= 15 is 0 Å². The predicted octanol–water partition coefficient (Wildman–Crippen LogP) is 1.13. The Morgan fingerprint density at radius 2 is 2.12 bits per heavy atom. The number of anilines is 1. The molecule has 0 spiro atoms. The number of amides is 1. The molecule has 2 aromatic heterocycles. The average molecular weight is 347 g/mol. The number of hydrogen-bond donors (Lipinski definition) is 1. The van der Waals surface area contributed by atoms with E-state index in [9.17, 15) is 9.59 Å². The molecule has 0 saturated carbocycles. The maximum absolute atomic E-state index is 12.8. The Balaban J connectivity index is 1.78. The first-order valence-corrected chi connectivity index (χ1v) is 7.98. The van der Waals surface area contributed by atoms with Gasteiger partial charge in [0.05, 0.1) is 13.2 Å². The lowest BCUT2D eigenvalue weighted by molar-refractivity contribution is -0.0323. The minimum atomic E-state index is -0.782. The van der Waals surface area contributed by atoms with Crippen LogP contribution in [0, 0.1) is 0 Å². The lowest BCUT2D eigenvalue weighted by Gasteiger charge is -2.33. The second kappa shape index (κ2) is 6.32. The summed E-state index contributed by atoms with van der Waals surface area (Å²) in [6.07, 6.45) is 0.0455. The van der Waals surface area contributed by atoms with Crippen LogP contribution >= 0.6 is 0 Å². The van der Waals surface area contributed by atoms with Crippen molar-refractivity contribution in [2.75, 3.05) is 25.4 Å². The van der Waals surface area contributed by atoms with Crippen molar-refractivity contribution in [1.29, 1.82) is 0 Å². The molecule has 134 valence electrons. The molecule has 9 heteroatoms. The molecular weight excluding hydrogens is 326 g/mol. The monoisotopic (exact) mass is 347 g/mol. The van der Waals surface area contributed by atoms with E-state index < -0.39 is 17.8 Å². The number of morpholine rings is 1. The summed E-state index contributed by atoms with van der Waals surface area (Å²) in [4.78, 5) is 30.4. The molecule has 1 saturated heterocycles. The summed E-state index contributed by atoms with van der Waals surface area (Å²) in [5.41, 5.74) is 6.07. The van der Waals surface area contributed by atoms with Gasteiger partial charge in [0.2, 0.25) is 5.78 Å². The van der Waals surface area contributed by atoms with Gasteiger partial charge >= 0.3 is 6.09 Å². The molecular formula is C16H21N5O4. The largest absolute Gasteiger partial charge is 0.444 e. The third-order valence-corrected chi connectivity index (χ3v) is 3.74. The molecule has 1 amide bonds. The van der Waals surface area contributed by atoms with E-state index in [1.807, 2.05) is 0 Å². The number of fused-ring (bicyclic) bond motifs is 1. The Morgan fingerprint density at radius 1 is 1.36 bits per heavy atom. The quantitative estimate of drug-likeness (QED) is 0.810. The summed E-state index contributed by atoms with van der Waals surface area (Å²) in [6.45, 7) is 6.15. The number of rotatable bonds is 2. The van der Waals surface area contributed by atoms with Crippen molar-refractivity contribution >= 4 is 23.2 Å². The van der Waals surface area contributed by atoms with Gasteiger partial charge in [-0.05, 0) is 32.9 Å². The number of ketones is 1. The van der Waals surface area contributed by atoms with Crippen molar-refractivity contribution in [2.24, 2.45) is 0 Å². The second-order valence-corrected chi connectivity index (χ2v) is 6.81. The normalized spacial score (nSPS) is 18.4. The summed E-state index contributed by atoms with van der Waals surface area (Å²) in [6, 6.07) is 3.30. The van der Waals surface area contributed by atoms with E-state index in [-0.39, 0.29) is 24.8 Å². The van der Waals surface area contributed by atoms with Gasteiger partial charge in [-0.25, -0.2) is 14.3 Å². The van der Waals surface area contributed by atoms with Gasteiger partial charge in [-0.15, -0.1) is 0 Å². The van der Waals surface area contributed by atoms with Crippen molar-refractivity contribution in [2.45, 2.75) is 32.5 Å². The maximum Gasteiger partial charge on any atom is 0.410 e. The number of nitrogen functional groups attached to an aromatic ring is 1. The van der Waals surface area contributed by atoms with Crippen LogP contribution in [0.25, 0.3) is 5.52 Å². The molecule has 0 bridgehead atoms. The standard InChI is InChI=1S/C16H21N5O4/c1-16(2,3)25-15(23)20-6-7-24-12(8-20)13(22)10-4-5-11-14(17)18-9-19-21(10)11/h4-5,9,12H,6-8H2,1-3H3,(H2,17,18,19). The van der Waals surface area contributed by atoms with E-state index in [1.165, 1.54) is 15.7 Å². The highest BCUT2D eigenvalue weighted by Gasteiger charge is 2.33. The Morgan fingerprint density at radius 3 is 2.84 bits per heavy atom. The van der Waals surface area contributed by atoms with Gasteiger partial charge in [0.25, 0.3) is 0 Å². The number of carbonyl (C=O) groups is 2. The molecule has 25 heavy (non-hydrogen) atoms. The first-order chi connectivity index (χ1) is 11.8. The zero-order valence-corrected chi connectivity index (χ0v) is 14.4. The summed E-state index contributed by atoms with van der Waals surface area (Å²) < 4.78 is 12.4. The van der Waals surface area contributed by atoms with Crippen LogP contribution in [-0.4, -0.2) is 62.8 Å². The van der Waals surface area contributed by atoms with Crippen LogP contribution in [0.4, 0.5) is 10.6 Å². The van der Waals surface area contributed by atoms with Crippen molar-refractivity contribution in [3.8, 4) is 0 Å². The number of nitrogens with zero attached hydrogens (tertiary/aromatic N) is 4. The van der Waals surface area contributed by atoms with Crippen LogP contribution in [0.2, 0.25) is 0 Å². The Bertz CT molecular complexity index is 810. The van der Waals surface area contributed by atoms with Gasteiger partial charge < -0.3 is 20.1 Å². The molecule has 1 atom stereocenters. The Labute approximate surface area is 144 Å². The van der Waals surface area contributed by atoms with Gasteiger partial charge in [0, 0.05) is 6.54 Å². The molecule has 1 fully saturated rings. The number of carbonyl (C=O) groups excluding carboxylic acids is 2. The highest BCUT2D eigenvalue weighted by Crippen LogP contribution is 2.18. The van der Waals surface area contributed by atoms with Gasteiger partial charge in [-0.3, -0.25) is 4.79 Å². The zero-order valence-electron chi connectivity index (χ0n) is 14.4. The van der Waals surface area contributed by atoms with Gasteiger partial charge in [0.1, 0.15) is 29.2 Å². The van der Waals surface area contributed by atoms with Crippen molar-refractivity contribution < 1.29 is 19.1 Å². The van der Waals surface area contributed by atoms with E-state index in [0.29, 0.717) is 17.8 Å². The van der Waals surface area contributed by atoms with Crippen LogP contribution < -0.4 is 5.73 Å². The third kappa shape index (κ3) is 3.55. The van der Waals surface area contributed by atoms with Crippen LogP contribution in [-0.2, 0) is 9.47 Å². The second-order valence-electron chi connectivity index (χ2n) is 6.81. The topological polar surface area (TPSA) is 112 Å². The zero-order chi connectivity index (χ0) is 18.2. The molecule has 0 aromatic carbocycles. The third-order valence-electron chi connectivity index (χ3n) is 3.74. The SMILES string of the molecule is CC(C)(C)OC(=O)N1CCOC(C(=O)c2ccc3c(N)ncnn23)C1. The fourth-order valence-electron chi connectivity index (χ4n) is 2.60. The minimum absolute atomic E-state index is 0.127. The van der Waals surface area contributed by atoms with E-state index in [0.717, 1.165) is 0 Å². The Kier molecular flexibility index (Phi) is 4.34. The number of Topliss-reactive ketones (excluding diaryl/α,β-unsaturated/α-hetero) is 1. The summed E-state index contributed by atoms with van der Waals surface area (Å²) >= 11 is 0. The summed E-state index contributed by atoms with van der Waals surface area (Å²) in [7, 11) is 0. The van der Waals surface area contributed by atoms with Crippen LogP contribution in [0.15, 0.2) is 18.5 Å². The number of hydrogen-bond acceptors (Lipinski definition) is 7. The molecule has 1 aliphatic rings. The van der Waals surface area contributed by atoms with Gasteiger partial charge in [-0.2, -0.15) is 5.10 Å².